The fourth-order valence-electron chi connectivity index (χ4n) is 1.87. The molecule has 0 radical (unpaired) electrons. The van der Waals surface area contributed by atoms with E-state index in [1.165, 1.54) is 36.0 Å². The lowest BCUT2D eigenvalue weighted by Gasteiger charge is -2.05. The van der Waals surface area contributed by atoms with Gasteiger partial charge in [0, 0.05) is 0 Å². The summed E-state index contributed by atoms with van der Waals surface area (Å²) in [6.07, 6.45) is 7.89. The Hall–Kier alpha value is -1.30. The van der Waals surface area contributed by atoms with Crippen molar-refractivity contribution in [3.8, 4) is 0 Å². The molecule has 1 aromatic carbocycles. The molecule has 0 amide bonds. The fraction of sp³-hybridized carbons (Fsp3) is 0.231. The summed E-state index contributed by atoms with van der Waals surface area (Å²) in [7, 11) is 0. The summed E-state index contributed by atoms with van der Waals surface area (Å²) in [4.78, 5) is 0. The van der Waals surface area contributed by atoms with E-state index in [0.29, 0.717) is 0 Å². The van der Waals surface area contributed by atoms with Crippen LogP contribution in [0.5, 0.6) is 0 Å². The number of fused-ring (bicyclic) bond motifs is 1. The Kier molecular flexibility index (Phi) is 2.31. The van der Waals surface area contributed by atoms with E-state index < -0.39 is 0 Å². The Bertz CT molecular complexity index is 345. The summed E-state index contributed by atoms with van der Waals surface area (Å²) < 4.78 is 0. The molecule has 0 aromatic heterocycles. The first-order valence-electron chi connectivity index (χ1n) is 4.82. The number of benzene rings is 1. The van der Waals surface area contributed by atoms with Gasteiger partial charge in [-0.2, -0.15) is 0 Å². The molecule has 0 saturated heterocycles. The van der Waals surface area contributed by atoms with Crippen LogP contribution in [0.15, 0.2) is 43.0 Å². The van der Waals surface area contributed by atoms with Crippen LogP contribution in [0, 0.1) is 0 Å². The van der Waals surface area contributed by atoms with E-state index in [1.54, 1.807) is 0 Å². The van der Waals surface area contributed by atoms with Crippen LogP contribution in [-0.2, 0) is 6.42 Å². The highest BCUT2D eigenvalue weighted by Gasteiger charge is 2.07. The van der Waals surface area contributed by atoms with E-state index in [4.69, 9.17) is 0 Å². The van der Waals surface area contributed by atoms with E-state index in [2.05, 4.69) is 36.9 Å². The zero-order valence-electron chi connectivity index (χ0n) is 7.79. The second kappa shape index (κ2) is 3.61. The Morgan fingerprint density at radius 3 is 2.92 bits per heavy atom. The molecular weight excluding hydrogens is 156 g/mol. The summed E-state index contributed by atoms with van der Waals surface area (Å²) in [6, 6.07) is 8.62. The minimum atomic E-state index is 1.18. The van der Waals surface area contributed by atoms with Gasteiger partial charge >= 0.3 is 0 Å². The number of aryl methyl sites for hydroxylation is 1. The number of allylic oxidation sites excluding steroid dienone is 3. The molecule has 13 heavy (non-hydrogen) atoms. The average molecular weight is 170 g/mol. The van der Waals surface area contributed by atoms with Crippen LogP contribution < -0.4 is 0 Å². The number of hydrogen-bond acceptors (Lipinski definition) is 0. The third-order valence-corrected chi connectivity index (χ3v) is 2.56. The molecule has 2 rings (SSSR count). The molecule has 0 saturated carbocycles. The maximum absolute atomic E-state index is 3.86. The number of rotatable bonds is 1. The smallest absolute Gasteiger partial charge is 0.0155 e. The predicted molar refractivity (Wildman–Crippen MR) is 57.6 cm³/mol. The normalized spacial score (nSPS) is 15.5. The van der Waals surface area contributed by atoms with Crippen LogP contribution in [0.3, 0.4) is 0 Å². The lowest BCUT2D eigenvalue weighted by molar-refractivity contribution is 0.851. The van der Waals surface area contributed by atoms with Gasteiger partial charge in [0.25, 0.3) is 0 Å². The lowest BCUT2D eigenvalue weighted by Crippen LogP contribution is -1.88. The first-order chi connectivity index (χ1) is 6.42. The van der Waals surface area contributed by atoms with Gasteiger partial charge in [-0.1, -0.05) is 43.0 Å². The van der Waals surface area contributed by atoms with Crippen LogP contribution in [-0.4, -0.2) is 0 Å². The molecular formula is C13H14. The van der Waals surface area contributed by atoms with Crippen LogP contribution in [0.2, 0.25) is 0 Å². The Morgan fingerprint density at radius 2 is 2.08 bits per heavy atom. The monoisotopic (exact) mass is 170 g/mol. The first kappa shape index (κ1) is 8.31. The van der Waals surface area contributed by atoms with Crippen molar-refractivity contribution in [3.05, 3.63) is 54.1 Å². The summed E-state index contributed by atoms with van der Waals surface area (Å²) in [5, 5.41) is 0. The molecule has 1 aliphatic carbocycles. The largest absolute Gasteiger partial charge is 0.0985 e. The van der Waals surface area contributed by atoms with Crippen molar-refractivity contribution in [2.45, 2.75) is 19.3 Å². The van der Waals surface area contributed by atoms with Crippen molar-refractivity contribution in [2.75, 3.05) is 0 Å². The van der Waals surface area contributed by atoms with Gasteiger partial charge in [0.15, 0.2) is 0 Å². The lowest BCUT2D eigenvalue weighted by atomic mass is 9.99. The third kappa shape index (κ3) is 1.57. The van der Waals surface area contributed by atoms with Gasteiger partial charge in [0.1, 0.15) is 0 Å². The van der Waals surface area contributed by atoms with Crippen LogP contribution in [0.4, 0.5) is 0 Å². The molecule has 0 spiro atoms. The maximum Gasteiger partial charge on any atom is -0.0155 e. The van der Waals surface area contributed by atoms with Crippen LogP contribution in [0.25, 0.3) is 5.57 Å². The second-order valence-electron chi connectivity index (χ2n) is 3.41. The highest BCUT2D eigenvalue weighted by Crippen LogP contribution is 2.25. The van der Waals surface area contributed by atoms with Gasteiger partial charge in [0.2, 0.25) is 0 Å². The van der Waals surface area contributed by atoms with Gasteiger partial charge in [-0.25, -0.2) is 0 Å². The van der Waals surface area contributed by atoms with E-state index in [9.17, 15) is 0 Å². The Balaban J connectivity index is 2.53. The van der Waals surface area contributed by atoms with E-state index in [1.807, 2.05) is 6.08 Å². The Labute approximate surface area is 79.6 Å². The zero-order chi connectivity index (χ0) is 9.10. The molecule has 0 unspecified atom stereocenters. The fourth-order valence-corrected chi connectivity index (χ4v) is 1.87. The minimum absolute atomic E-state index is 1.18. The van der Waals surface area contributed by atoms with Gasteiger partial charge in [-0.3, -0.25) is 0 Å². The predicted octanol–water partition coefficient (Wildman–Crippen LogP) is 3.59. The van der Waals surface area contributed by atoms with Gasteiger partial charge in [0.05, 0.1) is 0 Å². The van der Waals surface area contributed by atoms with Gasteiger partial charge < -0.3 is 0 Å². The average Bonchev–Trinajstić information content (AvgIpc) is 2.39. The minimum Gasteiger partial charge on any atom is -0.0985 e. The summed E-state index contributed by atoms with van der Waals surface area (Å²) >= 11 is 0. The molecule has 0 nitrogen and oxygen atoms in total. The van der Waals surface area contributed by atoms with E-state index in [-0.39, 0.29) is 0 Å². The first-order valence-corrected chi connectivity index (χ1v) is 4.82. The molecule has 0 heterocycles. The highest BCUT2D eigenvalue weighted by molar-refractivity contribution is 5.75. The van der Waals surface area contributed by atoms with E-state index >= 15 is 0 Å². The van der Waals surface area contributed by atoms with Crippen molar-refractivity contribution < 1.29 is 0 Å². The zero-order valence-corrected chi connectivity index (χ0v) is 7.79. The quantitative estimate of drug-likeness (QED) is 0.604. The van der Waals surface area contributed by atoms with Crippen molar-refractivity contribution in [1.29, 1.82) is 0 Å². The second-order valence-corrected chi connectivity index (χ2v) is 3.41. The van der Waals surface area contributed by atoms with Crippen LogP contribution in [0.1, 0.15) is 24.0 Å². The summed E-state index contributed by atoms with van der Waals surface area (Å²) in [5.41, 5.74) is 4.13. The topological polar surface area (TPSA) is 0 Å². The molecule has 1 aromatic rings. The van der Waals surface area contributed by atoms with Gasteiger partial charge in [-0.05, 0) is 36.0 Å². The van der Waals surface area contributed by atoms with Crippen molar-refractivity contribution in [3.63, 3.8) is 0 Å². The van der Waals surface area contributed by atoms with Crippen LogP contribution >= 0.6 is 0 Å². The molecule has 0 fully saturated rings. The maximum atomic E-state index is 3.86. The van der Waals surface area contributed by atoms with Crippen molar-refractivity contribution >= 4 is 5.57 Å². The Morgan fingerprint density at radius 1 is 1.23 bits per heavy atom. The summed E-state index contributed by atoms with van der Waals surface area (Å²) in [5.74, 6) is 0. The van der Waals surface area contributed by atoms with Gasteiger partial charge in [-0.15, -0.1) is 0 Å². The molecule has 0 atom stereocenters. The third-order valence-electron chi connectivity index (χ3n) is 2.56. The molecule has 0 heteroatoms. The molecule has 0 bridgehead atoms. The van der Waals surface area contributed by atoms with Crippen molar-refractivity contribution in [1.82, 2.24) is 0 Å². The SMILES string of the molecule is C=CC1=CCCCc2ccccc21. The highest BCUT2D eigenvalue weighted by atomic mass is 14.1. The molecule has 0 aliphatic heterocycles. The van der Waals surface area contributed by atoms with E-state index in [0.717, 1.165) is 0 Å². The summed E-state index contributed by atoms with van der Waals surface area (Å²) in [6.45, 7) is 3.86. The molecule has 1 aliphatic rings. The van der Waals surface area contributed by atoms with Crippen molar-refractivity contribution in [2.24, 2.45) is 0 Å². The standard InChI is InChI=1S/C13H14/c1-2-11-7-3-4-8-12-9-5-6-10-13(11)12/h2,5-7,9-10H,1,3-4,8H2. The number of hydrogen-bond donors (Lipinski definition) is 0. The molecule has 66 valence electrons. The molecule has 0 N–H and O–H groups in total.